The first-order chi connectivity index (χ1) is 68.5. The lowest BCUT2D eigenvalue weighted by Crippen LogP contribution is -2.29. The Labute approximate surface area is 862 Å². The number of benzene rings is 14. The van der Waals surface area contributed by atoms with Crippen LogP contribution in [0.3, 0.4) is 0 Å². The third-order valence-electron chi connectivity index (χ3n) is 26.2. The highest BCUT2D eigenvalue weighted by atomic mass is 31.2. The zero-order chi connectivity index (χ0) is 105. The van der Waals surface area contributed by atoms with Crippen LogP contribution in [0.15, 0.2) is 199 Å². The summed E-state index contributed by atoms with van der Waals surface area (Å²) in [6.45, 7) is 58.0. The molecular weight excluding hydrogens is 1930 g/mol. The highest BCUT2D eigenvalue weighted by Gasteiger charge is 2.42. The summed E-state index contributed by atoms with van der Waals surface area (Å²) in [4.78, 5) is 0. The monoisotopic (exact) mass is 2070 g/mol. The molecule has 22 nitrogen and oxygen atoms in total. The lowest BCUT2D eigenvalue weighted by Gasteiger charge is -2.31. The first-order valence-corrected chi connectivity index (χ1v) is 56.8. The Morgan fingerprint density at radius 2 is 0.493 bits per heavy atom. The molecule has 146 heavy (non-hydrogen) atoms. The molecule has 2 atom stereocenters. The Bertz CT molecular complexity index is 7740. The summed E-state index contributed by atoms with van der Waals surface area (Å²) in [5, 5.41) is 21.3. The van der Waals surface area contributed by atoms with Crippen LogP contribution in [0.5, 0.6) is 103 Å². The van der Waals surface area contributed by atoms with E-state index < -0.39 is 74.5 Å². The van der Waals surface area contributed by atoms with Crippen LogP contribution in [0.2, 0.25) is 19.6 Å². The fraction of sp³-hybridized carbons (Fsp3) is 0.361. The van der Waals surface area contributed by atoms with Crippen LogP contribution in [-0.4, -0.2) is 70.3 Å². The van der Waals surface area contributed by atoms with Gasteiger partial charge in [-0.1, -0.05) is 215 Å². The quantitative estimate of drug-likeness (QED) is 0.0425. The van der Waals surface area contributed by atoms with Gasteiger partial charge in [0.15, 0.2) is 11.5 Å². The predicted octanol–water partition coefficient (Wildman–Crippen LogP) is 35.7. The molecule has 0 radical (unpaired) electrons. The third kappa shape index (κ3) is 20.7. The summed E-state index contributed by atoms with van der Waals surface area (Å²) in [6.07, 6.45) is 0. The van der Waals surface area contributed by atoms with Gasteiger partial charge in [0.1, 0.15) is 114 Å². The van der Waals surface area contributed by atoms with Crippen molar-refractivity contribution in [2.24, 2.45) is 0 Å². The van der Waals surface area contributed by atoms with Crippen molar-refractivity contribution in [1.82, 2.24) is 0 Å². The van der Waals surface area contributed by atoms with Crippen molar-refractivity contribution in [2.75, 3.05) is 56.9 Å². The minimum Gasteiger partial charge on any atom is -0.544 e. The van der Waals surface area contributed by atoms with Gasteiger partial charge >= 0.3 is 33.7 Å². The van der Waals surface area contributed by atoms with Crippen LogP contribution in [0.1, 0.15) is 211 Å². The van der Waals surface area contributed by atoms with Gasteiger partial charge in [-0.05, 0) is 218 Å². The second-order valence-electron chi connectivity index (χ2n) is 46.5. The zero-order valence-electron chi connectivity index (χ0n) is 90.6. The number of hydrogen-bond acceptors (Lipinski definition) is 22. The summed E-state index contributed by atoms with van der Waals surface area (Å²) in [5.74, 6) is 10.4. The van der Waals surface area contributed by atoms with Gasteiger partial charge in [0.05, 0.1) is 78.4 Å². The van der Waals surface area contributed by atoms with Crippen LogP contribution in [0, 0.1) is 0 Å². The number of phenolic OH excluding ortho intramolecular Hbond substituents is 1. The molecule has 1 N–H and O–H groups in total. The molecule has 0 saturated carbocycles. The minimum absolute atomic E-state index is 0.0945. The van der Waals surface area contributed by atoms with E-state index >= 15 is 0 Å². The van der Waals surface area contributed by atoms with Crippen molar-refractivity contribution in [2.45, 2.75) is 229 Å². The van der Waals surface area contributed by atoms with Crippen molar-refractivity contribution >= 4 is 129 Å². The van der Waals surface area contributed by atoms with E-state index in [-0.39, 0.29) is 16.6 Å². The first kappa shape index (κ1) is 105. The summed E-state index contributed by atoms with van der Waals surface area (Å²) in [7, 11) is 2.38. The molecule has 0 saturated heterocycles. The molecule has 27 heteroatoms. The van der Waals surface area contributed by atoms with Crippen molar-refractivity contribution < 1.29 is 100 Å². The first-order valence-electron chi connectivity index (χ1n) is 49.0. The molecule has 0 fully saturated rings. The smallest absolute Gasteiger partial charge is 0.530 e. The van der Waals surface area contributed by atoms with E-state index in [2.05, 4.69) is 204 Å². The fourth-order valence-corrected chi connectivity index (χ4v) is 24.1. The van der Waals surface area contributed by atoms with Crippen LogP contribution in [0.4, 0.5) is 0 Å². The van der Waals surface area contributed by atoms with Crippen LogP contribution in [-0.2, 0) is 43.3 Å². The molecule has 2 unspecified atom stereocenters. The van der Waals surface area contributed by atoms with Crippen LogP contribution >= 0.6 is 33.7 Å². The van der Waals surface area contributed by atoms with Crippen molar-refractivity contribution in [1.29, 1.82) is 0 Å². The SMILES string of the molecule is COc1cc(-c2cc(OC)cc(C(C)(C)C)c2Op2oc3c(C(C)(C)C)cc(OC)cc3c3cc(OC)cc(C(C)(C)C)c3o2)c(OP2Oc3cccc4cc5cccc(O)c5c(c34)O2)c(C(C)(C)C)c1.COc1cc(-c2cc(OC)cc(C(C)(C)C)c2Op2oc3c(C(C)(C)C)cc(OC)cc3c3cc(OC)cc(C(C)(C)C)c3o2)c(OP2Oc3cccc4cc5cccc(O[Si](C)(C)C)c5c(c34)O2)c(C(C)(C)C)c1. The number of ether oxygens (including phenoxy) is 8. The van der Waals surface area contributed by atoms with Gasteiger partial charge in [-0.3, -0.25) is 0 Å². The van der Waals surface area contributed by atoms with E-state index in [4.69, 9.17) is 95.3 Å². The molecule has 2 aromatic heterocycles. The van der Waals surface area contributed by atoms with Crippen molar-refractivity contribution in [3.8, 4) is 126 Å². The normalized spacial score (nSPS) is 14.1. The Morgan fingerprint density at radius 3 is 0.767 bits per heavy atom. The van der Waals surface area contributed by atoms with Crippen molar-refractivity contribution in [3.05, 3.63) is 226 Å². The molecule has 768 valence electrons. The van der Waals surface area contributed by atoms with Crippen LogP contribution in [0.25, 0.3) is 109 Å². The maximum absolute atomic E-state index is 11.3. The molecule has 0 bridgehead atoms. The summed E-state index contributed by atoms with van der Waals surface area (Å²) in [6, 6.07) is 59.6. The number of rotatable bonds is 20. The largest absolute Gasteiger partial charge is 0.544 e. The minimum atomic E-state index is -2.29. The number of aromatic hydroxyl groups is 1. The van der Waals surface area contributed by atoms with E-state index in [0.29, 0.717) is 142 Å². The third-order valence-corrected chi connectivity index (χ3v) is 31.1. The highest BCUT2D eigenvalue weighted by molar-refractivity contribution is 7.43. The molecular formula is C119H136O22P4Si. The van der Waals surface area contributed by atoms with Gasteiger partial charge in [-0.25, -0.2) is 0 Å². The molecule has 0 amide bonds. The maximum Gasteiger partial charge on any atom is 0.530 e. The molecule has 18 rings (SSSR count). The molecule has 2 aliphatic heterocycles. The van der Waals surface area contributed by atoms with Gasteiger partial charge in [0, 0.05) is 88.3 Å². The second-order valence-corrected chi connectivity index (χ2v) is 54.9. The number of fused-ring (bicyclic) bond motifs is 10. The second kappa shape index (κ2) is 38.9. The number of hydrogen-bond donors (Lipinski definition) is 1. The van der Waals surface area contributed by atoms with Gasteiger partial charge in [0.2, 0.25) is 8.32 Å². The Morgan fingerprint density at radius 1 is 0.253 bits per heavy atom. The Kier molecular flexibility index (Phi) is 27.9. The van der Waals surface area contributed by atoms with E-state index in [1.165, 1.54) is 0 Å². The average molecular weight is 2070 g/mol. The standard InChI is InChI=1S/C61H72O11P2Si.C58H64O11P2/c1-58(2,3)45-31-37(62-13)27-41(53(45)67-73-66-49-24-20-22-35-26-36-23-21-25-50(72-75(17,18)19)52(36)57(71-73)51(35)49)42-28-38(63-14)32-46(59(4,5)6)54(42)68-74-69-55-43(29-39(64-15)33-47(55)60(7,8)9)44-30-40(65-16)34-48(56(44)70-74)61(10,11)12;1-55(2,3)42-28-34(60-13)24-38(50(42)65-70-64-47-22-18-20-33-23-32-19-17-21-46(59)48(32)54(69-70)49(33)47)39-25-35(61-14)29-43(56(4,5)6)51(39)66-71-67-52-40(26-36(62-15)30-44(52)57(7,8)9)41-27-37(63-16)31-45(53(41)68-71)58(10,11)12/h20-34H,1-19H3;17-31,59H,1-16H3. The van der Waals surface area contributed by atoms with Gasteiger partial charge in [-0.2, -0.15) is 0 Å². The summed E-state index contributed by atoms with van der Waals surface area (Å²) in [5.41, 5.74) is 8.51. The number of phenols is 1. The Balaban J connectivity index is 0.000000200. The average Bonchev–Trinajstić information content (AvgIpc) is 1.24. The van der Waals surface area contributed by atoms with E-state index in [9.17, 15) is 5.11 Å². The lowest BCUT2D eigenvalue weighted by atomic mass is 9.81. The summed E-state index contributed by atoms with van der Waals surface area (Å²) >= 11 is 0. The predicted molar refractivity (Wildman–Crippen MR) is 597 cm³/mol. The van der Waals surface area contributed by atoms with E-state index in [1.807, 2.05) is 158 Å². The Hall–Kier alpha value is -12.6. The van der Waals surface area contributed by atoms with Gasteiger partial charge in [0.25, 0.3) is 0 Å². The molecule has 0 spiro atoms. The van der Waals surface area contributed by atoms with Crippen molar-refractivity contribution in [3.63, 3.8) is 0 Å². The molecule has 0 aliphatic carbocycles. The number of methoxy groups -OCH3 is 8. The lowest BCUT2D eigenvalue weighted by molar-refractivity contribution is 0.374. The zero-order valence-corrected chi connectivity index (χ0v) is 95.2. The van der Waals surface area contributed by atoms with Gasteiger partial charge < -0.3 is 100 Å². The molecule has 2 aliphatic rings. The molecule has 4 heterocycles. The molecule has 14 aromatic carbocycles. The highest BCUT2D eigenvalue weighted by Crippen LogP contribution is 2.64. The fourth-order valence-electron chi connectivity index (χ4n) is 18.7. The molecule has 16 aromatic rings. The van der Waals surface area contributed by atoms with Crippen LogP contribution < -0.4 is 78.5 Å². The topological polar surface area (TPSA) is 230 Å². The van der Waals surface area contributed by atoms with Gasteiger partial charge in [-0.15, -0.1) is 0 Å². The summed E-state index contributed by atoms with van der Waals surface area (Å²) < 4.78 is 141. The van der Waals surface area contributed by atoms with E-state index in [0.717, 1.165) is 110 Å². The maximum atomic E-state index is 11.3. The van der Waals surface area contributed by atoms with E-state index in [1.54, 1.807) is 62.9 Å².